The normalized spacial score (nSPS) is 14.8. The monoisotopic (exact) mass is 320 g/mol. The van der Waals surface area contributed by atoms with Crippen molar-refractivity contribution in [3.05, 3.63) is 65.2 Å². The zero-order valence-electron chi connectivity index (χ0n) is 13.8. The van der Waals surface area contributed by atoms with Gasteiger partial charge in [-0.3, -0.25) is 9.59 Å². The molecule has 1 heterocycles. The molecule has 4 heteroatoms. The molecule has 2 N–H and O–H groups in total. The summed E-state index contributed by atoms with van der Waals surface area (Å²) in [4.78, 5) is 24.3. The van der Waals surface area contributed by atoms with Crippen molar-refractivity contribution in [1.82, 2.24) is 5.32 Å². The predicted octanol–water partition coefficient (Wildman–Crippen LogP) is 3.71. The summed E-state index contributed by atoms with van der Waals surface area (Å²) in [6.45, 7) is 4.38. The van der Waals surface area contributed by atoms with Gasteiger partial charge in [-0.1, -0.05) is 37.3 Å². The van der Waals surface area contributed by atoms with Gasteiger partial charge < -0.3 is 10.6 Å². The first-order valence-corrected chi connectivity index (χ1v) is 8.12. The van der Waals surface area contributed by atoms with E-state index < -0.39 is 0 Å². The highest BCUT2D eigenvalue weighted by Gasteiger charge is 2.28. The van der Waals surface area contributed by atoms with Gasteiger partial charge in [-0.2, -0.15) is 0 Å². The Balaban J connectivity index is 2.20. The molecule has 0 unspecified atom stereocenters. The van der Waals surface area contributed by atoms with Crippen molar-refractivity contribution < 1.29 is 9.59 Å². The highest BCUT2D eigenvalue weighted by molar-refractivity contribution is 6.36. The van der Waals surface area contributed by atoms with Crippen LogP contribution in [-0.4, -0.2) is 18.2 Å². The maximum Gasteiger partial charge on any atom is 0.258 e. The molecule has 0 aromatic heterocycles. The van der Waals surface area contributed by atoms with Crippen LogP contribution >= 0.6 is 0 Å². The van der Waals surface area contributed by atoms with Crippen molar-refractivity contribution >= 4 is 28.6 Å². The molecule has 4 nitrogen and oxygen atoms in total. The van der Waals surface area contributed by atoms with E-state index in [4.69, 9.17) is 0 Å². The van der Waals surface area contributed by atoms with E-state index in [9.17, 15) is 9.59 Å². The van der Waals surface area contributed by atoms with E-state index in [1.807, 2.05) is 30.3 Å². The van der Waals surface area contributed by atoms with Gasteiger partial charge in [0.1, 0.15) is 0 Å². The van der Waals surface area contributed by atoms with E-state index in [1.54, 1.807) is 18.2 Å². The number of carbonyl (C=O) groups is 2. The Bertz CT molecular complexity index is 823. The second-order valence-corrected chi connectivity index (χ2v) is 5.81. The van der Waals surface area contributed by atoms with Crippen LogP contribution in [0.25, 0.3) is 11.3 Å². The molecule has 1 amide bonds. The fourth-order valence-electron chi connectivity index (χ4n) is 2.82. The topological polar surface area (TPSA) is 58.2 Å². The van der Waals surface area contributed by atoms with Crippen LogP contribution in [-0.2, 0) is 4.79 Å². The van der Waals surface area contributed by atoms with Crippen molar-refractivity contribution in [2.75, 3.05) is 11.9 Å². The number of carbonyl (C=O) groups excluding carboxylic acids is 2. The van der Waals surface area contributed by atoms with Gasteiger partial charge in [0.25, 0.3) is 5.91 Å². The Labute approximate surface area is 141 Å². The van der Waals surface area contributed by atoms with E-state index in [1.165, 1.54) is 6.92 Å². The van der Waals surface area contributed by atoms with Gasteiger partial charge in [-0.05, 0) is 37.1 Å². The van der Waals surface area contributed by atoms with Gasteiger partial charge in [-0.15, -0.1) is 0 Å². The second-order valence-electron chi connectivity index (χ2n) is 5.81. The molecule has 2 aromatic carbocycles. The summed E-state index contributed by atoms with van der Waals surface area (Å²) in [5, 5.41) is 6.27. The van der Waals surface area contributed by atoms with Crippen LogP contribution < -0.4 is 10.6 Å². The molecule has 0 saturated carbocycles. The average Bonchev–Trinajstić information content (AvgIpc) is 2.91. The number of Topliss-reactive ketones (excluding diaryl/α,β-unsaturated/α-hetero) is 1. The van der Waals surface area contributed by atoms with Crippen LogP contribution in [0, 0.1) is 0 Å². The minimum Gasteiger partial charge on any atom is -0.384 e. The lowest BCUT2D eigenvalue weighted by atomic mass is 9.98. The van der Waals surface area contributed by atoms with Crippen LogP contribution in [0.5, 0.6) is 0 Å². The molecule has 0 radical (unpaired) electrons. The van der Waals surface area contributed by atoms with Crippen molar-refractivity contribution in [2.45, 2.75) is 20.3 Å². The molecule has 0 atom stereocenters. The Morgan fingerprint density at radius 3 is 2.50 bits per heavy atom. The summed E-state index contributed by atoms with van der Waals surface area (Å²) < 4.78 is 0. The van der Waals surface area contributed by atoms with Gasteiger partial charge in [0, 0.05) is 23.4 Å². The fraction of sp³-hybridized carbons (Fsp3) is 0.200. The minimum atomic E-state index is -0.145. The summed E-state index contributed by atoms with van der Waals surface area (Å²) in [5.74, 6) is -0.160. The number of hydrogen-bond acceptors (Lipinski definition) is 3. The smallest absolute Gasteiger partial charge is 0.258 e. The molecule has 0 saturated heterocycles. The molecule has 0 fully saturated rings. The lowest BCUT2D eigenvalue weighted by molar-refractivity contribution is -0.110. The van der Waals surface area contributed by atoms with Crippen LogP contribution in [0.2, 0.25) is 0 Å². The molecule has 0 aliphatic carbocycles. The zero-order valence-corrected chi connectivity index (χ0v) is 13.8. The molecule has 0 bridgehead atoms. The summed E-state index contributed by atoms with van der Waals surface area (Å²) >= 11 is 0. The molecule has 1 aliphatic heterocycles. The van der Waals surface area contributed by atoms with E-state index >= 15 is 0 Å². The molecule has 122 valence electrons. The maximum atomic E-state index is 12.6. The SMILES string of the molecule is CCCN/C(=C1/C(=O)Nc2ccc(C(C)=O)cc21)c1ccccc1. The Morgan fingerprint density at radius 1 is 1.08 bits per heavy atom. The van der Waals surface area contributed by atoms with E-state index in [-0.39, 0.29) is 11.7 Å². The average molecular weight is 320 g/mol. The van der Waals surface area contributed by atoms with Crippen LogP contribution in [0.4, 0.5) is 5.69 Å². The largest absolute Gasteiger partial charge is 0.384 e. The van der Waals surface area contributed by atoms with E-state index in [2.05, 4.69) is 17.6 Å². The van der Waals surface area contributed by atoms with Gasteiger partial charge in [0.2, 0.25) is 0 Å². The fourth-order valence-corrected chi connectivity index (χ4v) is 2.82. The van der Waals surface area contributed by atoms with Crippen molar-refractivity contribution in [2.24, 2.45) is 0 Å². The predicted molar refractivity (Wildman–Crippen MR) is 96.6 cm³/mol. The van der Waals surface area contributed by atoms with Gasteiger partial charge in [-0.25, -0.2) is 0 Å². The molecular weight excluding hydrogens is 300 g/mol. The quantitative estimate of drug-likeness (QED) is 0.652. The van der Waals surface area contributed by atoms with Crippen molar-refractivity contribution in [3.8, 4) is 0 Å². The van der Waals surface area contributed by atoms with Gasteiger partial charge >= 0.3 is 0 Å². The summed E-state index contributed by atoms with van der Waals surface area (Å²) in [6.07, 6.45) is 0.950. The summed E-state index contributed by atoms with van der Waals surface area (Å²) in [7, 11) is 0. The summed E-state index contributed by atoms with van der Waals surface area (Å²) in [6, 6.07) is 15.1. The van der Waals surface area contributed by atoms with Gasteiger partial charge in [0.15, 0.2) is 5.78 Å². The number of hydrogen-bond donors (Lipinski definition) is 2. The maximum absolute atomic E-state index is 12.6. The number of anilines is 1. The van der Waals surface area contributed by atoms with Crippen LogP contribution in [0.1, 0.15) is 41.8 Å². The molecule has 1 aliphatic rings. The number of fused-ring (bicyclic) bond motifs is 1. The number of ketones is 1. The van der Waals surface area contributed by atoms with Crippen LogP contribution in [0.3, 0.4) is 0 Å². The Hall–Kier alpha value is -2.88. The molecule has 2 aromatic rings. The van der Waals surface area contributed by atoms with E-state index in [0.717, 1.165) is 35.5 Å². The Morgan fingerprint density at radius 2 is 1.83 bits per heavy atom. The van der Waals surface area contributed by atoms with Crippen LogP contribution in [0.15, 0.2) is 48.5 Å². The molecular formula is C20H20N2O2. The lowest BCUT2D eigenvalue weighted by Crippen LogP contribution is -2.17. The molecule has 24 heavy (non-hydrogen) atoms. The lowest BCUT2D eigenvalue weighted by Gasteiger charge is -2.14. The van der Waals surface area contributed by atoms with Gasteiger partial charge in [0.05, 0.1) is 11.3 Å². The minimum absolute atomic E-state index is 0.0146. The Kier molecular flexibility index (Phi) is 4.47. The first-order chi connectivity index (χ1) is 11.6. The highest BCUT2D eigenvalue weighted by Crippen LogP contribution is 2.36. The first-order valence-electron chi connectivity index (χ1n) is 8.12. The number of rotatable bonds is 5. The third-order valence-corrected chi connectivity index (χ3v) is 4.03. The third-order valence-electron chi connectivity index (χ3n) is 4.03. The van der Waals surface area contributed by atoms with Crippen molar-refractivity contribution in [1.29, 1.82) is 0 Å². The summed E-state index contributed by atoms with van der Waals surface area (Å²) in [5.41, 5.74) is 4.46. The number of nitrogens with one attached hydrogen (secondary N) is 2. The molecule has 0 spiro atoms. The first kappa shape index (κ1) is 16.0. The van der Waals surface area contributed by atoms with E-state index in [0.29, 0.717) is 11.1 Å². The highest BCUT2D eigenvalue weighted by atomic mass is 16.2. The molecule has 3 rings (SSSR count). The number of amides is 1. The van der Waals surface area contributed by atoms with Crippen molar-refractivity contribution in [3.63, 3.8) is 0 Å². The second kappa shape index (κ2) is 6.71. The number of benzene rings is 2. The standard InChI is InChI=1S/C20H20N2O2/c1-3-11-21-19(14-7-5-4-6-8-14)18-16-12-15(13(2)23)9-10-17(16)22-20(18)24/h4-10,12,21H,3,11H2,1-2H3,(H,22,24)/b19-18+. The third kappa shape index (κ3) is 2.95. The zero-order chi connectivity index (χ0) is 17.1.